The van der Waals surface area contributed by atoms with Crippen LogP contribution in [0, 0.1) is 0 Å². The lowest BCUT2D eigenvalue weighted by molar-refractivity contribution is 0.208. The second-order valence-electron chi connectivity index (χ2n) is 4.91. The number of aromatic nitrogens is 4. The third-order valence-corrected chi connectivity index (χ3v) is 4.63. The predicted molar refractivity (Wildman–Crippen MR) is 101 cm³/mol. The summed E-state index contributed by atoms with van der Waals surface area (Å²) in [5.74, 6) is 0.905. The Morgan fingerprint density at radius 3 is 2.88 bits per heavy atom. The van der Waals surface area contributed by atoms with Crippen LogP contribution < -0.4 is 11.1 Å². The average molecular weight is 385 g/mol. The van der Waals surface area contributed by atoms with Gasteiger partial charge in [0.2, 0.25) is 5.95 Å². The Kier molecular flexibility index (Phi) is 6.16. The summed E-state index contributed by atoms with van der Waals surface area (Å²) >= 11 is 7.61. The molecule has 0 bridgehead atoms. The molecule has 0 aliphatic heterocycles. The van der Waals surface area contributed by atoms with Crippen molar-refractivity contribution >= 4 is 54.3 Å². The van der Waals surface area contributed by atoms with Crippen LogP contribution in [-0.4, -0.2) is 37.1 Å². The molecule has 128 valence electrons. The fourth-order valence-corrected chi connectivity index (χ4v) is 3.11. The molecular weight excluding hydrogens is 368 g/mol. The normalized spacial score (nSPS) is 12.0. The topological polar surface area (TPSA) is 101 Å². The van der Waals surface area contributed by atoms with Gasteiger partial charge in [-0.05, 0) is 13.0 Å². The largest absolute Gasteiger partial charge is 0.392 e. The highest BCUT2D eigenvalue weighted by Crippen LogP contribution is 2.36. The van der Waals surface area contributed by atoms with E-state index >= 15 is 0 Å². The van der Waals surface area contributed by atoms with Gasteiger partial charge >= 0.3 is 0 Å². The van der Waals surface area contributed by atoms with Gasteiger partial charge in [0, 0.05) is 36.2 Å². The molecule has 10 heteroatoms. The summed E-state index contributed by atoms with van der Waals surface area (Å²) in [6.07, 6.45) is 6.35. The number of aliphatic hydroxyl groups excluding tert-OH is 1. The first-order valence-corrected chi connectivity index (χ1v) is 8.07. The highest BCUT2D eigenvalue weighted by Gasteiger charge is 2.13. The van der Waals surface area contributed by atoms with E-state index in [1.54, 1.807) is 37.8 Å². The van der Waals surface area contributed by atoms with Crippen molar-refractivity contribution in [3.05, 3.63) is 35.9 Å². The Morgan fingerprint density at radius 2 is 2.12 bits per heavy atom. The number of fused-ring (bicyclic) bond motifs is 1. The maximum atomic E-state index is 9.39. The number of imidazole rings is 1. The third-order valence-electron chi connectivity index (χ3n) is 3.05. The van der Waals surface area contributed by atoms with Crippen LogP contribution in [0.1, 0.15) is 6.92 Å². The molecule has 4 N–H and O–H groups in total. The van der Waals surface area contributed by atoms with Gasteiger partial charge in [0.25, 0.3) is 0 Å². The van der Waals surface area contributed by atoms with Crippen molar-refractivity contribution in [2.75, 3.05) is 17.6 Å². The van der Waals surface area contributed by atoms with Crippen LogP contribution in [0.2, 0.25) is 5.02 Å². The summed E-state index contributed by atoms with van der Waals surface area (Å²) in [5, 5.41) is 12.9. The van der Waals surface area contributed by atoms with Gasteiger partial charge in [0.05, 0.1) is 16.0 Å². The molecule has 3 aromatic heterocycles. The van der Waals surface area contributed by atoms with E-state index in [1.165, 1.54) is 11.8 Å². The van der Waals surface area contributed by atoms with Crippen molar-refractivity contribution in [1.82, 2.24) is 19.4 Å². The van der Waals surface area contributed by atoms with Crippen LogP contribution in [0.3, 0.4) is 0 Å². The fourth-order valence-electron chi connectivity index (χ4n) is 1.98. The Bertz CT molecular complexity index is 841. The second kappa shape index (κ2) is 7.93. The molecule has 0 spiro atoms. The van der Waals surface area contributed by atoms with Gasteiger partial charge in [0.15, 0.2) is 5.65 Å². The molecule has 3 aromatic rings. The van der Waals surface area contributed by atoms with Crippen LogP contribution in [0.5, 0.6) is 0 Å². The van der Waals surface area contributed by atoms with Crippen LogP contribution in [-0.2, 0) is 0 Å². The average Bonchev–Trinajstić information content (AvgIpc) is 3.01. The minimum absolute atomic E-state index is 0. The maximum Gasteiger partial charge on any atom is 0.208 e. The van der Waals surface area contributed by atoms with E-state index in [9.17, 15) is 5.11 Å². The Hall–Kier alpha value is -1.68. The van der Waals surface area contributed by atoms with E-state index in [-0.39, 0.29) is 13.5 Å². The minimum atomic E-state index is -0.469. The molecule has 0 aliphatic carbocycles. The van der Waals surface area contributed by atoms with Crippen LogP contribution in [0.4, 0.5) is 11.8 Å². The zero-order chi connectivity index (χ0) is 16.4. The van der Waals surface area contributed by atoms with Crippen molar-refractivity contribution in [3.8, 4) is 0 Å². The predicted octanol–water partition coefficient (Wildman–Crippen LogP) is 2.42. The van der Waals surface area contributed by atoms with E-state index in [2.05, 4.69) is 20.3 Å². The zero-order valence-corrected chi connectivity index (χ0v) is 15.3. The standard InChI is InChI=1S/C14H15ClN6OS.H2S/c1-8(22)6-19-14-20-7-10(13-18-4-5-21(13)14)23-9-2-3-17-12(16)11(9)15;/h2-5,7-8,22H,6H2,1H3,(H2,16,17)(H,19,20);1H2/t8-;/m0./s1. The van der Waals surface area contributed by atoms with E-state index in [4.69, 9.17) is 17.3 Å². The molecule has 0 radical (unpaired) electrons. The van der Waals surface area contributed by atoms with Gasteiger partial charge in [-0.2, -0.15) is 13.5 Å². The molecule has 0 unspecified atom stereocenters. The summed E-state index contributed by atoms with van der Waals surface area (Å²) in [5.41, 5.74) is 6.47. The molecule has 3 rings (SSSR count). The summed E-state index contributed by atoms with van der Waals surface area (Å²) in [6, 6.07) is 1.79. The Balaban J connectivity index is 0.00000208. The third kappa shape index (κ3) is 3.86. The Morgan fingerprint density at radius 1 is 1.33 bits per heavy atom. The lowest BCUT2D eigenvalue weighted by Crippen LogP contribution is -2.17. The Labute approximate surface area is 155 Å². The maximum absolute atomic E-state index is 9.39. The van der Waals surface area contributed by atoms with E-state index < -0.39 is 6.10 Å². The number of halogens is 1. The summed E-state index contributed by atoms with van der Waals surface area (Å²) in [6.45, 7) is 2.11. The zero-order valence-electron chi connectivity index (χ0n) is 12.8. The number of nitrogens with two attached hydrogens (primary N) is 1. The van der Waals surface area contributed by atoms with Crippen molar-refractivity contribution in [1.29, 1.82) is 0 Å². The quantitative estimate of drug-likeness (QED) is 0.620. The number of hydrogen-bond acceptors (Lipinski definition) is 7. The first-order valence-electron chi connectivity index (χ1n) is 6.88. The fraction of sp³-hybridized carbons (Fsp3) is 0.214. The molecule has 0 amide bonds. The summed E-state index contributed by atoms with van der Waals surface area (Å²) < 4.78 is 1.82. The van der Waals surface area contributed by atoms with Crippen LogP contribution >= 0.6 is 36.9 Å². The van der Waals surface area contributed by atoms with Gasteiger partial charge in [0.1, 0.15) is 5.82 Å². The van der Waals surface area contributed by atoms with Crippen molar-refractivity contribution in [2.45, 2.75) is 22.8 Å². The van der Waals surface area contributed by atoms with Gasteiger partial charge < -0.3 is 16.2 Å². The van der Waals surface area contributed by atoms with Crippen molar-refractivity contribution in [3.63, 3.8) is 0 Å². The SMILES string of the molecule is C[C@H](O)CNc1ncc(Sc2ccnc(N)c2Cl)c2nccn12.S. The lowest BCUT2D eigenvalue weighted by atomic mass is 10.4. The molecule has 3 heterocycles. The van der Waals surface area contributed by atoms with Crippen LogP contribution in [0.15, 0.2) is 40.6 Å². The highest BCUT2D eigenvalue weighted by molar-refractivity contribution is 7.99. The number of pyridine rings is 1. The van der Waals surface area contributed by atoms with Gasteiger partial charge in [-0.25, -0.2) is 15.0 Å². The van der Waals surface area contributed by atoms with E-state index in [1.807, 2.05) is 4.40 Å². The number of nitrogens with one attached hydrogen (secondary N) is 1. The van der Waals surface area contributed by atoms with E-state index in [0.29, 0.717) is 23.3 Å². The monoisotopic (exact) mass is 384 g/mol. The summed E-state index contributed by atoms with van der Waals surface area (Å²) in [4.78, 5) is 14.3. The van der Waals surface area contributed by atoms with E-state index in [0.717, 1.165) is 15.4 Å². The first-order chi connectivity index (χ1) is 11.1. The van der Waals surface area contributed by atoms with Crippen molar-refractivity contribution in [2.24, 2.45) is 0 Å². The number of rotatable bonds is 5. The van der Waals surface area contributed by atoms with Gasteiger partial charge in [-0.1, -0.05) is 23.4 Å². The second-order valence-corrected chi connectivity index (χ2v) is 6.37. The molecule has 0 saturated carbocycles. The molecule has 0 fully saturated rings. The number of nitrogen functional groups attached to an aromatic ring is 1. The number of nitrogens with zero attached hydrogens (tertiary/aromatic N) is 4. The lowest BCUT2D eigenvalue weighted by Gasteiger charge is -2.11. The highest BCUT2D eigenvalue weighted by atomic mass is 35.5. The minimum Gasteiger partial charge on any atom is -0.392 e. The number of aliphatic hydroxyl groups is 1. The summed E-state index contributed by atoms with van der Waals surface area (Å²) in [7, 11) is 0. The molecule has 24 heavy (non-hydrogen) atoms. The molecule has 0 aliphatic rings. The van der Waals surface area contributed by atoms with Crippen LogP contribution in [0.25, 0.3) is 5.65 Å². The molecule has 1 atom stereocenters. The number of hydrogen-bond donors (Lipinski definition) is 3. The number of anilines is 2. The smallest absolute Gasteiger partial charge is 0.208 e. The van der Waals surface area contributed by atoms with Crippen molar-refractivity contribution < 1.29 is 5.11 Å². The molecular formula is C14H17ClN6OS2. The molecule has 0 aromatic carbocycles. The molecule has 0 saturated heterocycles. The van der Waals surface area contributed by atoms with Gasteiger partial charge in [-0.3, -0.25) is 4.40 Å². The first kappa shape index (κ1) is 18.7. The van der Waals surface area contributed by atoms with Gasteiger partial charge in [-0.15, -0.1) is 0 Å². The molecule has 7 nitrogen and oxygen atoms in total.